The van der Waals surface area contributed by atoms with E-state index < -0.39 is 0 Å². The van der Waals surface area contributed by atoms with E-state index in [2.05, 4.69) is 26.8 Å². The molecule has 0 unspecified atom stereocenters. The third kappa shape index (κ3) is 5.48. The van der Waals surface area contributed by atoms with Gasteiger partial charge in [0.05, 0.1) is 18.5 Å². The first kappa shape index (κ1) is 22.3. The zero-order chi connectivity index (χ0) is 22.4. The number of rotatable bonds is 3. The van der Waals surface area contributed by atoms with Crippen LogP contribution in [-0.2, 0) is 16.0 Å². The number of hydrogen-bond donors (Lipinski definition) is 2. The van der Waals surface area contributed by atoms with Gasteiger partial charge in [-0.15, -0.1) is 0 Å². The van der Waals surface area contributed by atoms with Crippen LogP contribution < -0.4 is 15.4 Å². The number of fused-ring (bicyclic) bond motifs is 1. The molecule has 8 heteroatoms. The van der Waals surface area contributed by atoms with Crippen molar-refractivity contribution in [1.82, 2.24) is 15.4 Å². The van der Waals surface area contributed by atoms with E-state index in [1.807, 2.05) is 18.2 Å². The van der Waals surface area contributed by atoms with E-state index in [0.29, 0.717) is 24.7 Å². The third-order valence-corrected chi connectivity index (χ3v) is 6.53. The summed E-state index contributed by atoms with van der Waals surface area (Å²) < 4.78 is 10.9. The average Bonchev–Trinajstić information content (AvgIpc) is 3.19. The molecule has 2 aliphatic heterocycles. The molecule has 2 N–H and O–H groups in total. The lowest BCUT2D eigenvalue weighted by atomic mass is 9.73. The number of nitrogens with one attached hydrogen (secondary N) is 2. The molecule has 2 aromatic rings. The number of amides is 2. The molecule has 32 heavy (non-hydrogen) atoms. The van der Waals surface area contributed by atoms with Crippen molar-refractivity contribution in [3.63, 3.8) is 0 Å². The molecule has 2 amide bonds. The Morgan fingerprint density at radius 1 is 1.22 bits per heavy atom. The molecule has 3 heterocycles. The Bertz CT molecular complexity index is 934. The number of piperidine rings is 1. The summed E-state index contributed by atoms with van der Waals surface area (Å²) in [5.74, 6) is 2.01. The van der Waals surface area contributed by atoms with Gasteiger partial charge in [0, 0.05) is 6.07 Å². The first-order chi connectivity index (χ1) is 15.5. The van der Waals surface area contributed by atoms with E-state index in [0.717, 1.165) is 57.4 Å². The largest absolute Gasteiger partial charge is 0.491 e. The molecule has 0 aliphatic carbocycles. The van der Waals surface area contributed by atoms with E-state index in [1.165, 1.54) is 5.56 Å². The van der Waals surface area contributed by atoms with Crippen molar-refractivity contribution < 1.29 is 18.8 Å². The van der Waals surface area contributed by atoms with Crippen LogP contribution in [0.3, 0.4) is 0 Å². The van der Waals surface area contributed by atoms with E-state index in [4.69, 9.17) is 9.26 Å². The van der Waals surface area contributed by atoms with Gasteiger partial charge in [-0.2, -0.15) is 0 Å². The molecular formula is C24H32N4O4. The van der Waals surface area contributed by atoms with Crippen molar-refractivity contribution in [2.45, 2.75) is 45.4 Å². The summed E-state index contributed by atoms with van der Waals surface area (Å²) in [4.78, 5) is 27.6. The number of aryl methyl sites for hydroxylation is 2. The van der Waals surface area contributed by atoms with Crippen molar-refractivity contribution in [3.8, 4) is 5.75 Å². The molecule has 8 nitrogen and oxygen atoms in total. The summed E-state index contributed by atoms with van der Waals surface area (Å²) >= 11 is 0. The number of likely N-dealkylation sites (tertiary alicyclic amines) is 1. The quantitative estimate of drug-likeness (QED) is 0.762. The van der Waals surface area contributed by atoms with Crippen molar-refractivity contribution in [2.24, 2.45) is 5.41 Å². The van der Waals surface area contributed by atoms with E-state index in [1.54, 1.807) is 13.0 Å². The van der Waals surface area contributed by atoms with Crippen LogP contribution in [-0.4, -0.2) is 54.7 Å². The summed E-state index contributed by atoms with van der Waals surface area (Å²) in [6, 6.07) is 9.85. The zero-order valence-electron chi connectivity index (χ0n) is 18.7. The van der Waals surface area contributed by atoms with Gasteiger partial charge < -0.3 is 19.9 Å². The Labute approximate surface area is 188 Å². The van der Waals surface area contributed by atoms with Crippen LogP contribution in [0.2, 0.25) is 0 Å². The summed E-state index contributed by atoms with van der Waals surface area (Å²) in [6.07, 6.45) is 5.37. The standard InChI is InChI=1S/C24H32N4O4/c1-18-16-21(27-32-18)26-22(29)17-28-13-10-24(11-14-28)9-5-4-7-19-6-2-3-8-20(19)31-15-12-25-23(24)30/h2-3,6,8,16H,4-5,7,9-15,17H2,1H3,(H,25,30)(H,26,27,29). The molecule has 172 valence electrons. The highest BCUT2D eigenvalue weighted by Gasteiger charge is 2.41. The monoisotopic (exact) mass is 440 g/mol. The van der Waals surface area contributed by atoms with Gasteiger partial charge in [0.25, 0.3) is 0 Å². The Morgan fingerprint density at radius 2 is 2.03 bits per heavy atom. The maximum atomic E-state index is 13.1. The molecular weight excluding hydrogens is 408 g/mol. The number of nitrogens with zero attached hydrogens (tertiary/aromatic N) is 2. The van der Waals surface area contributed by atoms with Gasteiger partial charge in [-0.3, -0.25) is 14.5 Å². The molecule has 0 saturated carbocycles. The second kappa shape index (κ2) is 10.2. The fourth-order valence-corrected chi connectivity index (χ4v) is 4.68. The molecule has 1 aromatic carbocycles. The van der Waals surface area contributed by atoms with Crippen LogP contribution in [0.15, 0.2) is 34.9 Å². The van der Waals surface area contributed by atoms with E-state index in [9.17, 15) is 9.59 Å². The van der Waals surface area contributed by atoms with Crippen LogP contribution in [0.1, 0.15) is 43.4 Å². The topological polar surface area (TPSA) is 96.7 Å². The maximum absolute atomic E-state index is 13.1. The van der Waals surface area contributed by atoms with Crippen LogP contribution >= 0.6 is 0 Å². The van der Waals surface area contributed by atoms with Crippen molar-refractivity contribution >= 4 is 17.6 Å². The number of ether oxygens (including phenoxy) is 1. The Hall–Kier alpha value is -2.87. The maximum Gasteiger partial charge on any atom is 0.239 e. The SMILES string of the molecule is Cc1cc(NC(=O)CN2CCC3(CCCCc4ccccc4OCCNC3=O)CC2)no1. The number of carbonyl (C=O) groups excluding carboxylic acids is 2. The van der Waals surface area contributed by atoms with Gasteiger partial charge in [-0.1, -0.05) is 29.8 Å². The van der Waals surface area contributed by atoms with Crippen molar-refractivity contribution in [2.75, 3.05) is 38.1 Å². The second-order valence-corrected chi connectivity index (χ2v) is 8.85. The molecule has 1 fully saturated rings. The van der Waals surface area contributed by atoms with Crippen LogP contribution in [0.25, 0.3) is 0 Å². The summed E-state index contributed by atoms with van der Waals surface area (Å²) in [5, 5.41) is 9.67. The predicted octanol–water partition coefficient (Wildman–Crippen LogP) is 2.93. The number of aromatic nitrogens is 1. The summed E-state index contributed by atoms with van der Waals surface area (Å²) in [7, 11) is 0. The average molecular weight is 441 g/mol. The predicted molar refractivity (Wildman–Crippen MR) is 120 cm³/mol. The fraction of sp³-hybridized carbons (Fsp3) is 0.542. The van der Waals surface area contributed by atoms with E-state index in [-0.39, 0.29) is 23.8 Å². The van der Waals surface area contributed by atoms with Gasteiger partial charge in [-0.25, -0.2) is 0 Å². The molecule has 0 bridgehead atoms. The van der Waals surface area contributed by atoms with Gasteiger partial charge in [0.2, 0.25) is 11.8 Å². The minimum Gasteiger partial charge on any atom is -0.491 e. The number of benzene rings is 1. The molecule has 0 radical (unpaired) electrons. The zero-order valence-corrected chi connectivity index (χ0v) is 18.7. The number of anilines is 1. The smallest absolute Gasteiger partial charge is 0.239 e. The second-order valence-electron chi connectivity index (χ2n) is 8.85. The fourth-order valence-electron chi connectivity index (χ4n) is 4.68. The van der Waals surface area contributed by atoms with Crippen molar-refractivity contribution in [1.29, 1.82) is 0 Å². The van der Waals surface area contributed by atoms with Crippen LogP contribution in [0.5, 0.6) is 5.75 Å². The lowest BCUT2D eigenvalue weighted by molar-refractivity contribution is -0.135. The third-order valence-electron chi connectivity index (χ3n) is 6.53. The minimum absolute atomic E-state index is 0.117. The molecule has 2 aliphatic rings. The highest BCUT2D eigenvalue weighted by molar-refractivity contribution is 5.91. The molecule has 0 atom stereocenters. The Kier molecular flexibility index (Phi) is 7.09. The highest BCUT2D eigenvalue weighted by atomic mass is 16.5. The highest BCUT2D eigenvalue weighted by Crippen LogP contribution is 2.37. The van der Waals surface area contributed by atoms with Gasteiger partial charge >= 0.3 is 0 Å². The number of para-hydroxylation sites is 1. The Morgan fingerprint density at radius 3 is 2.81 bits per heavy atom. The first-order valence-corrected chi connectivity index (χ1v) is 11.5. The van der Waals surface area contributed by atoms with Gasteiger partial charge in [0.15, 0.2) is 5.82 Å². The lowest BCUT2D eigenvalue weighted by Gasteiger charge is -2.40. The molecule has 1 spiro atoms. The van der Waals surface area contributed by atoms with Gasteiger partial charge in [0.1, 0.15) is 18.1 Å². The minimum atomic E-state index is -0.366. The number of carbonyl (C=O) groups is 2. The number of hydrogen-bond acceptors (Lipinski definition) is 6. The summed E-state index contributed by atoms with van der Waals surface area (Å²) in [6.45, 7) is 4.47. The first-order valence-electron chi connectivity index (χ1n) is 11.5. The van der Waals surface area contributed by atoms with Crippen LogP contribution in [0.4, 0.5) is 5.82 Å². The summed E-state index contributed by atoms with van der Waals surface area (Å²) in [5.41, 5.74) is 0.867. The molecule has 1 saturated heterocycles. The van der Waals surface area contributed by atoms with Crippen molar-refractivity contribution in [3.05, 3.63) is 41.7 Å². The molecule has 1 aromatic heterocycles. The van der Waals surface area contributed by atoms with E-state index >= 15 is 0 Å². The normalized spacial score (nSPS) is 19.7. The van der Waals surface area contributed by atoms with Crippen LogP contribution in [0, 0.1) is 12.3 Å². The van der Waals surface area contributed by atoms with Gasteiger partial charge in [-0.05, 0) is 63.7 Å². The lowest BCUT2D eigenvalue weighted by Crippen LogP contribution is -2.50. The molecule has 4 rings (SSSR count). The Balaban J connectivity index is 1.32.